The fourth-order valence-electron chi connectivity index (χ4n) is 1.45. The number of hydrogen-bond donors (Lipinski definition) is 0. The Morgan fingerprint density at radius 1 is 0.750 bits per heavy atom. The highest BCUT2D eigenvalue weighted by molar-refractivity contribution is 6.79. The second kappa shape index (κ2) is 7.96. The van der Waals surface area contributed by atoms with Crippen LogP contribution in [-0.4, -0.2) is 35.9 Å². The van der Waals surface area contributed by atoms with Crippen LogP contribution in [0.15, 0.2) is 0 Å². The van der Waals surface area contributed by atoms with Gasteiger partial charge in [-0.1, -0.05) is 13.3 Å². The third-order valence-electron chi connectivity index (χ3n) is 1.64. The highest BCUT2D eigenvalue weighted by Gasteiger charge is 2.42. The van der Waals surface area contributed by atoms with Crippen LogP contribution in [0.2, 0.25) is 45.3 Å². The first-order chi connectivity index (χ1) is 7.31. The summed E-state index contributed by atoms with van der Waals surface area (Å²) in [6.45, 7) is 15.1. The van der Waals surface area contributed by atoms with E-state index >= 15 is 0 Å². The van der Waals surface area contributed by atoms with Crippen molar-refractivity contribution in [2.75, 3.05) is 0 Å². The van der Waals surface area contributed by atoms with Crippen LogP contribution in [0.4, 0.5) is 0 Å². The molecule has 0 aromatic rings. The Balaban J connectivity index is 4.72. The molecule has 7 heteroatoms. The zero-order chi connectivity index (χ0) is 12.8. The molecule has 0 aromatic carbocycles. The summed E-state index contributed by atoms with van der Waals surface area (Å²) in [4.78, 5) is 0. The first-order valence-electron chi connectivity index (χ1n) is 5.79. The highest BCUT2D eigenvalue weighted by atomic mass is 28.5. The van der Waals surface area contributed by atoms with E-state index in [1.807, 2.05) is 0 Å². The SMILES string of the molecule is CCC[Si](O[Si](C)C)(O[Si](C)C)O[Si](C)C. The summed E-state index contributed by atoms with van der Waals surface area (Å²) in [6.07, 6.45) is 1.08. The molecular weight excluding hydrogens is 268 g/mol. The van der Waals surface area contributed by atoms with Gasteiger partial charge in [-0.05, 0) is 39.3 Å². The Labute approximate surface area is 107 Å². The molecule has 0 aliphatic heterocycles. The van der Waals surface area contributed by atoms with Gasteiger partial charge in [-0.25, -0.2) is 0 Å². The van der Waals surface area contributed by atoms with Crippen LogP contribution in [0.3, 0.4) is 0 Å². The Morgan fingerprint density at radius 2 is 1.06 bits per heavy atom. The third kappa shape index (κ3) is 7.15. The lowest BCUT2D eigenvalue weighted by atomic mass is 10.6. The van der Waals surface area contributed by atoms with Gasteiger partial charge < -0.3 is 12.3 Å². The van der Waals surface area contributed by atoms with Crippen LogP contribution in [-0.2, 0) is 12.3 Å². The van der Waals surface area contributed by atoms with Crippen LogP contribution in [0, 0.1) is 0 Å². The van der Waals surface area contributed by atoms with Crippen LogP contribution in [0.1, 0.15) is 13.3 Å². The van der Waals surface area contributed by atoms with Gasteiger partial charge in [0.1, 0.15) is 0 Å². The van der Waals surface area contributed by atoms with Crippen molar-refractivity contribution in [2.45, 2.75) is 58.7 Å². The second-order valence-corrected chi connectivity index (χ2v) is 14.2. The number of hydrogen-bond acceptors (Lipinski definition) is 3. The molecule has 0 bridgehead atoms. The average molecular weight is 294 g/mol. The van der Waals surface area contributed by atoms with Crippen molar-refractivity contribution in [1.29, 1.82) is 0 Å². The highest BCUT2D eigenvalue weighted by Crippen LogP contribution is 2.21. The molecule has 0 aliphatic rings. The van der Waals surface area contributed by atoms with Crippen LogP contribution < -0.4 is 0 Å². The molecule has 3 nitrogen and oxygen atoms in total. The van der Waals surface area contributed by atoms with Gasteiger partial charge in [-0.3, -0.25) is 0 Å². The van der Waals surface area contributed by atoms with E-state index in [0.717, 1.165) is 12.5 Å². The minimum Gasteiger partial charge on any atom is -0.416 e. The molecular formula is C9H25O3Si4. The predicted molar refractivity (Wildman–Crippen MR) is 76.6 cm³/mol. The Morgan fingerprint density at radius 3 is 1.25 bits per heavy atom. The topological polar surface area (TPSA) is 27.7 Å². The fraction of sp³-hybridized carbons (Fsp3) is 1.00. The zero-order valence-corrected chi connectivity index (χ0v) is 15.6. The molecule has 0 aliphatic carbocycles. The monoisotopic (exact) mass is 293 g/mol. The van der Waals surface area contributed by atoms with Gasteiger partial charge >= 0.3 is 8.80 Å². The van der Waals surface area contributed by atoms with E-state index in [9.17, 15) is 0 Å². The van der Waals surface area contributed by atoms with E-state index in [2.05, 4.69) is 46.2 Å². The molecule has 3 radical (unpaired) electrons. The molecule has 0 amide bonds. The minimum atomic E-state index is -2.35. The molecule has 0 spiro atoms. The van der Waals surface area contributed by atoms with E-state index in [1.54, 1.807) is 0 Å². The van der Waals surface area contributed by atoms with Crippen molar-refractivity contribution in [3.8, 4) is 0 Å². The van der Waals surface area contributed by atoms with Gasteiger partial charge in [0.25, 0.3) is 0 Å². The summed E-state index contributed by atoms with van der Waals surface area (Å²) >= 11 is 0. The van der Waals surface area contributed by atoms with Crippen molar-refractivity contribution < 1.29 is 12.3 Å². The Bertz CT molecular complexity index is 161. The largest absolute Gasteiger partial charge is 0.469 e. The molecule has 0 aromatic heterocycles. The lowest BCUT2D eigenvalue weighted by molar-refractivity contribution is 0.267. The lowest BCUT2D eigenvalue weighted by Gasteiger charge is -2.34. The van der Waals surface area contributed by atoms with Crippen LogP contribution in [0.5, 0.6) is 0 Å². The Hall–Kier alpha value is 0.748. The van der Waals surface area contributed by atoms with Crippen molar-refractivity contribution in [3.63, 3.8) is 0 Å². The van der Waals surface area contributed by atoms with Gasteiger partial charge in [-0.15, -0.1) is 0 Å². The third-order valence-corrected chi connectivity index (χ3v) is 11.4. The molecule has 16 heavy (non-hydrogen) atoms. The summed E-state index contributed by atoms with van der Waals surface area (Å²) in [5.41, 5.74) is 0. The van der Waals surface area contributed by atoms with Crippen LogP contribution >= 0.6 is 0 Å². The first-order valence-corrected chi connectivity index (χ1v) is 14.9. The summed E-state index contributed by atoms with van der Waals surface area (Å²) < 4.78 is 18.4. The summed E-state index contributed by atoms with van der Waals surface area (Å²) in [5, 5.41) is 0. The van der Waals surface area contributed by atoms with E-state index < -0.39 is 35.9 Å². The Kier molecular flexibility index (Phi) is 8.33. The summed E-state index contributed by atoms with van der Waals surface area (Å²) in [7, 11) is -4.63. The van der Waals surface area contributed by atoms with Crippen molar-refractivity contribution >= 4 is 35.9 Å². The van der Waals surface area contributed by atoms with Gasteiger partial charge in [-0.2, -0.15) is 0 Å². The summed E-state index contributed by atoms with van der Waals surface area (Å²) in [5.74, 6) is 0. The van der Waals surface area contributed by atoms with Gasteiger partial charge in [0.15, 0.2) is 27.1 Å². The van der Waals surface area contributed by atoms with Crippen LogP contribution in [0.25, 0.3) is 0 Å². The molecule has 0 rings (SSSR count). The molecule has 0 fully saturated rings. The van der Waals surface area contributed by atoms with E-state index in [0.29, 0.717) is 0 Å². The standard InChI is InChI=1S/C9H25O3Si4/c1-8-9-16(10-13(2)3,11-14(4)5)12-15(6)7/h8-9H2,1-7H3. The minimum absolute atomic E-state index is 0.759. The number of rotatable bonds is 8. The second-order valence-electron chi connectivity index (χ2n) is 4.46. The fourth-order valence-corrected chi connectivity index (χ4v) is 12.4. The lowest BCUT2D eigenvalue weighted by Crippen LogP contribution is -2.53. The molecule has 0 saturated heterocycles. The summed E-state index contributed by atoms with van der Waals surface area (Å²) in [6, 6.07) is 0.967. The average Bonchev–Trinajstić information content (AvgIpc) is 1.98. The maximum absolute atomic E-state index is 6.15. The van der Waals surface area contributed by atoms with E-state index in [1.165, 1.54) is 0 Å². The molecule has 0 N–H and O–H groups in total. The molecule has 0 heterocycles. The molecule has 0 unspecified atom stereocenters. The maximum atomic E-state index is 6.15. The smallest absolute Gasteiger partial charge is 0.416 e. The normalized spacial score (nSPS) is 13.1. The first kappa shape index (κ1) is 16.7. The predicted octanol–water partition coefficient (Wildman–Crippen LogP) is 3.14. The van der Waals surface area contributed by atoms with Gasteiger partial charge in [0.05, 0.1) is 0 Å². The van der Waals surface area contributed by atoms with Crippen molar-refractivity contribution in [3.05, 3.63) is 0 Å². The van der Waals surface area contributed by atoms with Gasteiger partial charge in [0.2, 0.25) is 0 Å². The molecule has 0 atom stereocenters. The molecule has 95 valence electrons. The molecule has 0 saturated carbocycles. The quantitative estimate of drug-likeness (QED) is 0.644. The zero-order valence-electron chi connectivity index (χ0n) is 11.6. The van der Waals surface area contributed by atoms with Gasteiger partial charge in [0, 0.05) is 6.04 Å². The maximum Gasteiger partial charge on any atom is 0.469 e. The van der Waals surface area contributed by atoms with Crippen molar-refractivity contribution in [2.24, 2.45) is 0 Å². The van der Waals surface area contributed by atoms with E-state index in [-0.39, 0.29) is 0 Å². The van der Waals surface area contributed by atoms with E-state index in [4.69, 9.17) is 12.3 Å². The van der Waals surface area contributed by atoms with Crippen molar-refractivity contribution in [1.82, 2.24) is 0 Å².